The minimum atomic E-state index is -0.132. The van der Waals surface area contributed by atoms with Gasteiger partial charge in [-0.15, -0.1) is 0 Å². The lowest BCUT2D eigenvalue weighted by Crippen LogP contribution is -2.14. The topological polar surface area (TPSA) is 74.0 Å². The maximum Gasteiger partial charge on any atom is 0.210 e. The van der Waals surface area contributed by atoms with Crippen molar-refractivity contribution in [2.75, 3.05) is 11.5 Å². The third-order valence-electron chi connectivity index (χ3n) is 3.28. The number of benzene rings is 2. The minimum Gasteiger partial charge on any atom is -0.399 e. The highest BCUT2D eigenvalue weighted by molar-refractivity contribution is 5.89. The number of nitrogens with zero attached hydrogens (tertiary/aromatic N) is 1. The molecule has 0 amide bonds. The third kappa shape index (κ3) is 1.35. The number of aryl methyl sites for hydroxylation is 1. The van der Waals surface area contributed by atoms with Gasteiger partial charge in [-0.25, -0.2) is 0 Å². The SMILES string of the molecule is Cn1c2ccc(N)c(=O)c-2cc2cc(N)ccc21. The summed E-state index contributed by atoms with van der Waals surface area (Å²) in [5.74, 6) is 0. The van der Waals surface area contributed by atoms with Crippen LogP contribution in [0.1, 0.15) is 0 Å². The average molecular weight is 239 g/mol. The van der Waals surface area contributed by atoms with Crippen LogP contribution in [-0.2, 0) is 7.05 Å². The summed E-state index contributed by atoms with van der Waals surface area (Å²) in [6.07, 6.45) is 0. The van der Waals surface area contributed by atoms with Gasteiger partial charge >= 0.3 is 0 Å². The number of fused-ring (bicyclic) bond motifs is 2. The highest BCUT2D eigenvalue weighted by Crippen LogP contribution is 2.27. The Morgan fingerprint density at radius 2 is 1.83 bits per heavy atom. The molecule has 4 N–H and O–H groups in total. The van der Waals surface area contributed by atoms with Gasteiger partial charge in [-0.1, -0.05) is 0 Å². The van der Waals surface area contributed by atoms with Gasteiger partial charge in [-0.3, -0.25) is 4.79 Å². The largest absolute Gasteiger partial charge is 0.399 e. The zero-order valence-corrected chi connectivity index (χ0v) is 9.97. The Kier molecular flexibility index (Phi) is 2.07. The number of hydrogen-bond acceptors (Lipinski definition) is 3. The van der Waals surface area contributed by atoms with E-state index in [-0.39, 0.29) is 11.1 Å². The van der Waals surface area contributed by atoms with Gasteiger partial charge in [0.25, 0.3) is 0 Å². The second-order valence-electron chi connectivity index (χ2n) is 4.44. The molecular weight excluding hydrogens is 226 g/mol. The second kappa shape index (κ2) is 3.50. The molecule has 0 saturated carbocycles. The van der Waals surface area contributed by atoms with Crippen molar-refractivity contribution in [2.45, 2.75) is 0 Å². The van der Waals surface area contributed by atoms with Crippen LogP contribution in [0.15, 0.2) is 41.2 Å². The van der Waals surface area contributed by atoms with E-state index < -0.39 is 0 Å². The Balaban J connectivity index is 2.57. The highest BCUT2D eigenvalue weighted by atomic mass is 16.1. The molecule has 0 spiro atoms. The molecule has 3 rings (SSSR count). The molecule has 0 fully saturated rings. The van der Waals surface area contributed by atoms with Crippen LogP contribution >= 0.6 is 0 Å². The molecule has 0 bridgehead atoms. The number of nitrogen functional groups attached to an aromatic ring is 2. The van der Waals surface area contributed by atoms with E-state index >= 15 is 0 Å². The van der Waals surface area contributed by atoms with Crippen LogP contribution in [0.25, 0.3) is 22.2 Å². The van der Waals surface area contributed by atoms with Gasteiger partial charge in [-0.05, 0) is 36.4 Å². The van der Waals surface area contributed by atoms with Gasteiger partial charge < -0.3 is 16.0 Å². The fourth-order valence-electron chi connectivity index (χ4n) is 2.32. The second-order valence-corrected chi connectivity index (χ2v) is 4.44. The minimum absolute atomic E-state index is 0.132. The van der Waals surface area contributed by atoms with Crippen molar-refractivity contribution in [1.82, 2.24) is 4.57 Å². The van der Waals surface area contributed by atoms with E-state index in [0.29, 0.717) is 11.3 Å². The molecule has 1 aromatic carbocycles. The van der Waals surface area contributed by atoms with Crippen LogP contribution in [0.4, 0.5) is 11.4 Å². The summed E-state index contributed by atoms with van der Waals surface area (Å²) in [6, 6.07) is 11.0. The maximum absolute atomic E-state index is 12.0. The van der Waals surface area contributed by atoms with Gasteiger partial charge in [0.2, 0.25) is 5.43 Å². The molecule has 1 aliphatic carbocycles. The van der Waals surface area contributed by atoms with E-state index in [2.05, 4.69) is 0 Å². The summed E-state index contributed by atoms with van der Waals surface area (Å²) in [4.78, 5) is 12.0. The Bertz CT molecular complexity index is 789. The lowest BCUT2D eigenvalue weighted by Gasteiger charge is -2.15. The summed E-state index contributed by atoms with van der Waals surface area (Å²) in [6.45, 7) is 0. The Labute approximate surface area is 104 Å². The predicted molar refractivity (Wildman–Crippen MR) is 74.6 cm³/mol. The first kappa shape index (κ1) is 10.7. The summed E-state index contributed by atoms with van der Waals surface area (Å²) < 4.78 is 1.98. The number of nitrogens with two attached hydrogens (primary N) is 2. The van der Waals surface area contributed by atoms with E-state index in [4.69, 9.17) is 11.5 Å². The van der Waals surface area contributed by atoms with Crippen molar-refractivity contribution >= 4 is 22.3 Å². The molecule has 0 unspecified atom stereocenters. The number of rotatable bonds is 0. The van der Waals surface area contributed by atoms with Crippen LogP contribution < -0.4 is 16.9 Å². The van der Waals surface area contributed by atoms with Crippen molar-refractivity contribution in [1.29, 1.82) is 0 Å². The van der Waals surface area contributed by atoms with Crippen molar-refractivity contribution in [3.63, 3.8) is 0 Å². The van der Waals surface area contributed by atoms with Crippen LogP contribution in [0.2, 0.25) is 0 Å². The highest BCUT2D eigenvalue weighted by Gasteiger charge is 2.13. The van der Waals surface area contributed by atoms with Crippen molar-refractivity contribution in [3.05, 3.63) is 46.6 Å². The smallest absolute Gasteiger partial charge is 0.210 e. The Morgan fingerprint density at radius 1 is 1.06 bits per heavy atom. The first-order chi connectivity index (χ1) is 8.58. The summed E-state index contributed by atoms with van der Waals surface area (Å²) >= 11 is 0. The molecule has 1 aromatic rings. The Hall–Kier alpha value is -2.49. The standard InChI is InChI=1S/C14H13N3O/c1-17-12-4-2-9(15)6-8(12)7-10-13(17)5-3-11(16)14(10)18/h2-7H,15-16H2,1H3. The van der Waals surface area contributed by atoms with E-state index in [1.54, 1.807) is 6.07 Å². The van der Waals surface area contributed by atoms with Gasteiger partial charge in [0.1, 0.15) is 0 Å². The van der Waals surface area contributed by atoms with Gasteiger partial charge in [0.05, 0.1) is 11.4 Å². The number of hydrogen-bond donors (Lipinski definition) is 2. The molecule has 4 heteroatoms. The molecule has 0 aromatic heterocycles. The third-order valence-corrected chi connectivity index (χ3v) is 3.28. The van der Waals surface area contributed by atoms with Gasteiger partial charge in [-0.2, -0.15) is 0 Å². The van der Waals surface area contributed by atoms with Crippen LogP contribution in [0, 0.1) is 0 Å². The average Bonchev–Trinajstić information content (AvgIpc) is 2.34. The molecular formula is C14H13N3O. The van der Waals surface area contributed by atoms with E-state index in [1.165, 1.54) is 0 Å². The normalized spacial score (nSPS) is 11.2. The molecule has 18 heavy (non-hydrogen) atoms. The summed E-state index contributed by atoms with van der Waals surface area (Å²) in [7, 11) is 1.93. The number of anilines is 2. The number of aromatic nitrogens is 1. The first-order valence-electron chi connectivity index (χ1n) is 5.65. The fraction of sp³-hybridized carbons (Fsp3) is 0.0714. The molecule has 1 heterocycles. The summed E-state index contributed by atoms with van der Waals surface area (Å²) in [5, 5.41) is 0.938. The van der Waals surface area contributed by atoms with Crippen LogP contribution in [0.5, 0.6) is 0 Å². The van der Waals surface area contributed by atoms with E-state index in [9.17, 15) is 4.79 Å². The van der Waals surface area contributed by atoms with Crippen molar-refractivity contribution in [3.8, 4) is 11.3 Å². The van der Waals surface area contributed by atoms with Crippen LogP contribution in [-0.4, -0.2) is 4.57 Å². The zero-order chi connectivity index (χ0) is 12.9. The quantitative estimate of drug-likeness (QED) is 0.464. The van der Waals surface area contributed by atoms with Gasteiger partial charge in [0.15, 0.2) is 0 Å². The molecule has 0 radical (unpaired) electrons. The molecule has 90 valence electrons. The molecule has 2 aliphatic rings. The maximum atomic E-state index is 12.0. The van der Waals surface area contributed by atoms with Crippen molar-refractivity contribution < 1.29 is 0 Å². The van der Waals surface area contributed by atoms with E-state index in [0.717, 1.165) is 16.6 Å². The van der Waals surface area contributed by atoms with Crippen molar-refractivity contribution in [2.24, 2.45) is 7.05 Å². The predicted octanol–water partition coefficient (Wildman–Crippen LogP) is 1.81. The molecule has 4 nitrogen and oxygen atoms in total. The fourth-order valence-corrected chi connectivity index (χ4v) is 2.32. The Morgan fingerprint density at radius 3 is 2.61 bits per heavy atom. The lowest BCUT2D eigenvalue weighted by atomic mass is 10.0. The lowest BCUT2D eigenvalue weighted by molar-refractivity contribution is 0.960. The molecule has 0 saturated heterocycles. The van der Waals surface area contributed by atoms with E-state index in [1.807, 2.05) is 41.9 Å². The number of pyridine rings is 1. The van der Waals surface area contributed by atoms with Gasteiger partial charge in [0, 0.05) is 29.2 Å². The monoisotopic (exact) mass is 239 g/mol. The summed E-state index contributed by atoms with van der Waals surface area (Å²) in [5.41, 5.74) is 14.8. The zero-order valence-electron chi connectivity index (χ0n) is 9.97. The molecule has 0 atom stereocenters. The first-order valence-corrected chi connectivity index (χ1v) is 5.65. The van der Waals surface area contributed by atoms with Crippen LogP contribution in [0.3, 0.4) is 0 Å². The molecule has 1 aliphatic heterocycles.